The van der Waals surface area contributed by atoms with Crippen molar-refractivity contribution in [2.75, 3.05) is 32.8 Å². The van der Waals surface area contributed by atoms with E-state index in [-0.39, 0.29) is 17.7 Å². The third kappa shape index (κ3) is 2.92. The van der Waals surface area contributed by atoms with Crippen molar-refractivity contribution in [1.29, 1.82) is 0 Å². The van der Waals surface area contributed by atoms with Crippen LogP contribution < -0.4 is 0 Å². The van der Waals surface area contributed by atoms with Gasteiger partial charge in [-0.05, 0) is 50.4 Å². The van der Waals surface area contributed by atoms with E-state index < -0.39 is 0 Å². The van der Waals surface area contributed by atoms with Gasteiger partial charge in [-0.3, -0.25) is 4.79 Å². The van der Waals surface area contributed by atoms with Crippen LogP contribution in [-0.2, 0) is 14.3 Å². The van der Waals surface area contributed by atoms with Crippen LogP contribution in [0.15, 0.2) is 0 Å². The summed E-state index contributed by atoms with van der Waals surface area (Å²) in [5, 5.41) is 0. The Labute approximate surface area is 149 Å². The van der Waals surface area contributed by atoms with Crippen LogP contribution in [0.3, 0.4) is 0 Å². The summed E-state index contributed by atoms with van der Waals surface area (Å²) >= 11 is 0. The Kier molecular flexibility index (Phi) is 4.65. The summed E-state index contributed by atoms with van der Waals surface area (Å²) in [6.45, 7) is 5.58. The number of hydrogen-bond acceptors (Lipinski definition) is 4. The molecule has 1 aliphatic carbocycles. The molecule has 3 saturated heterocycles. The lowest BCUT2D eigenvalue weighted by atomic mass is 9.64. The predicted molar refractivity (Wildman–Crippen MR) is 92.1 cm³/mol. The molecule has 6 heteroatoms. The van der Waals surface area contributed by atoms with Crippen molar-refractivity contribution in [2.45, 2.75) is 63.5 Å². The highest BCUT2D eigenvalue weighted by atomic mass is 16.6. The Morgan fingerprint density at radius 3 is 2.76 bits per heavy atom. The number of hydrogen-bond donors (Lipinski definition) is 0. The first-order valence-corrected chi connectivity index (χ1v) is 9.95. The summed E-state index contributed by atoms with van der Waals surface area (Å²) in [7, 11) is 0. The second-order valence-corrected chi connectivity index (χ2v) is 8.17. The van der Waals surface area contributed by atoms with Gasteiger partial charge in [0.05, 0.1) is 13.2 Å². The van der Waals surface area contributed by atoms with E-state index in [1.807, 2.05) is 0 Å². The van der Waals surface area contributed by atoms with Crippen LogP contribution in [0.1, 0.15) is 51.9 Å². The van der Waals surface area contributed by atoms with Crippen LogP contribution in [0, 0.1) is 11.8 Å². The number of amides is 2. The maximum Gasteiger partial charge on any atom is 0.410 e. The highest BCUT2D eigenvalue weighted by Crippen LogP contribution is 2.52. The fraction of sp³-hybridized carbons (Fsp3) is 0.895. The first-order valence-electron chi connectivity index (χ1n) is 9.95. The second-order valence-electron chi connectivity index (χ2n) is 8.17. The molecule has 0 aromatic heterocycles. The predicted octanol–water partition coefficient (Wildman–Crippen LogP) is 2.42. The molecule has 0 aromatic rings. The van der Waals surface area contributed by atoms with Gasteiger partial charge < -0.3 is 19.3 Å². The summed E-state index contributed by atoms with van der Waals surface area (Å²) in [4.78, 5) is 29.0. The second kappa shape index (κ2) is 6.78. The molecule has 2 amide bonds. The minimum Gasteiger partial charge on any atom is -0.446 e. The standard InChI is InChI=1S/C19H30N2O4/c1-14-15-4-2-5-17(22)21-9-3-7-19(15,21)8-6-16(14)25-18(23)20-10-12-24-13-11-20/h14-16H,2-13H2,1H3/t14-,15+,16+,19-/m1/s1. The highest BCUT2D eigenvalue weighted by Gasteiger charge is 2.55. The molecular weight excluding hydrogens is 320 g/mol. The molecule has 4 fully saturated rings. The molecule has 4 aliphatic rings. The van der Waals surface area contributed by atoms with E-state index in [1.54, 1.807) is 4.90 Å². The average molecular weight is 350 g/mol. The normalized spacial score (nSPS) is 38.8. The highest BCUT2D eigenvalue weighted by molar-refractivity contribution is 5.78. The Balaban J connectivity index is 1.47. The molecule has 0 bridgehead atoms. The van der Waals surface area contributed by atoms with Crippen molar-refractivity contribution in [3.05, 3.63) is 0 Å². The van der Waals surface area contributed by atoms with E-state index >= 15 is 0 Å². The number of nitrogens with zero attached hydrogens (tertiary/aromatic N) is 2. The molecule has 140 valence electrons. The number of ether oxygens (including phenoxy) is 2. The van der Waals surface area contributed by atoms with Crippen LogP contribution in [-0.4, -0.2) is 66.3 Å². The SMILES string of the molecule is C[C@H]1[C@@H](OC(=O)N2CCOCC2)CC[C@@]23CCCN2C(=O)CCC[C@@H]13. The van der Waals surface area contributed by atoms with Crippen LogP contribution in [0.2, 0.25) is 0 Å². The third-order valence-electron chi connectivity index (χ3n) is 7.03. The van der Waals surface area contributed by atoms with Crippen molar-refractivity contribution in [3.63, 3.8) is 0 Å². The molecule has 1 saturated carbocycles. The van der Waals surface area contributed by atoms with Crippen LogP contribution in [0.25, 0.3) is 0 Å². The fourth-order valence-corrected chi connectivity index (χ4v) is 5.76. The van der Waals surface area contributed by atoms with E-state index in [0.717, 1.165) is 45.1 Å². The molecular formula is C19H30N2O4. The lowest BCUT2D eigenvalue weighted by molar-refractivity contribution is -0.140. The largest absolute Gasteiger partial charge is 0.446 e. The molecule has 1 spiro atoms. The quantitative estimate of drug-likeness (QED) is 0.729. The minimum absolute atomic E-state index is 0.0263. The van der Waals surface area contributed by atoms with Crippen molar-refractivity contribution in [3.8, 4) is 0 Å². The Hall–Kier alpha value is -1.30. The molecule has 6 nitrogen and oxygen atoms in total. The molecule has 0 N–H and O–H groups in total. The number of rotatable bonds is 1. The van der Waals surface area contributed by atoms with Gasteiger partial charge >= 0.3 is 6.09 Å². The monoisotopic (exact) mass is 350 g/mol. The van der Waals surface area contributed by atoms with E-state index in [0.29, 0.717) is 50.5 Å². The summed E-state index contributed by atoms with van der Waals surface area (Å²) in [5.41, 5.74) is 0.0366. The molecule has 25 heavy (non-hydrogen) atoms. The van der Waals surface area contributed by atoms with Gasteiger partial charge in [-0.15, -0.1) is 0 Å². The van der Waals surface area contributed by atoms with Gasteiger partial charge in [0.15, 0.2) is 0 Å². The van der Waals surface area contributed by atoms with Gasteiger partial charge in [0.2, 0.25) is 5.91 Å². The maximum atomic E-state index is 12.5. The zero-order valence-corrected chi connectivity index (χ0v) is 15.2. The first kappa shape index (κ1) is 17.1. The third-order valence-corrected chi connectivity index (χ3v) is 7.03. The zero-order valence-electron chi connectivity index (χ0n) is 15.2. The molecule has 0 aromatic carbocycles. The lowest BCUT2D eigenvalue weighted by Gasteiger charge is -2.51. The van der Waals surface area contributed by atoms with Crippen molar-refractivity contribution in [1.82, 2.24) is 9.80 Å². The molecule has 3 aliphatic heterocycles. The first-order chi connectivity index (χ1) is 12.1. The van der Waals surface area contributed by atoms with Crippen molar-refractivity contribution >= 4 is 12.0 Å². The van der Waals surface area contributed by atoms with E-state index in [4.69, 9.17) is 9.47 Å². The molecule has 3 heterocycles. The maximum absolute atomic E-state index is 12.5. The number of carbonyl (C=O) groups is 2. The zero-order chi connectivity index (χ0) is 17.4. The smallest absolute Gasteiger partial charge is 0.410 e. The summed E-state index contributed by atoms with van der Waals surface area (Å²) in [5.74, 6) is 1.11. The van der Waals surface area contributed by atoms with E-state index in [2.05, 4.69) is 11.8 Å². The molecule has 0 unspecified atom stereocenters. The van der Waals surface area contributed by atoms with Crippen molar-refractivity contribution in [2.24, 2.45) is 11.8 Å². The van der Waals surface area contributed by atoms with Crippen LogP contribution >= 0.6 is 0 Å². The Morgan fingerprint density at radius 1 is 1.16 bits per heavy atom. The van der Waals surface area contributed by atoms with Crippen LogP contribution in [0.4, 0.5) is 4.79 Å². The molecule has 0 radical (unpaired) electrons. The topological polar surface area (TPSA) is 59.1 Å². The molecule has 4 atom stereocenters. The van der Waals surface area contributed by atoms with Gasteiger partial charge in [0.25, 0.3) is 0 Å². The Bertz CT molecular complexity index is 534. The van der Waals surface area contributed by atoms with Gasteiger partial charge in [0.1, 0.15) is 6.10 Å². The fourth-order valence-electron chi connectivity index (χ4n) is 5.76. The van der Waals surface area contributed by atoms with Gasteiger partial charge in [-0.25, -0.2) is 4.79 Å². The summed E-state index contributed by atoms with van der Waals surface area (Å²) < 4.78 is 11.2. The summed E-state index contributed by atoms with van der Waals surface area (Å²) in [6.07, 6.45) is 6.61. The van der Waals surface area contributed by atoms with E-state index in [9.17, 15) is 9.59 Å². The van der Waals surface area contributed by atoms with Crippen molar-refractivity contribution < 1.29 is 19.1 Å². The Morgan fingerprint density at radius 2 is 1.96 bits per heavy atom. The van der Waals surface area contributed by atoms with Gasteiger partial charge in [0, 0.05) is 31.6 Å². The lowest BCUT2D eigenvalue weighted by Crippen LogP contribution is -2.58. The minimum atomic E-state index is -0.191. The van der Waals surface area contributed by atoms with Crippen LogP contribution in [0.5, 0.6) is 0 Å². The summed E-state index contributed by atoms with van der Waals surface area (Å²) in [6, 6.07) is 0. The number of morpholine rings is 1. The van der Waals surface area contributed by atoms with Gasteiger partial charge in [-0.1, -0.05) is 6.92 Å². The van der Waals surface area contributed by atoms with E-state index in [1.165, 1.54) is 0 Å². The molecule has 4 rings (SSSR count). The van der Waals surface area contributed by atoms with Gasteiger partial charge in [-0.2, -0.15) is 0 Å². The number of carbonyl (C=O) groups excluding carboxylic acids is 2. The average Bonchev–Trinajstić information content (AvgIpc) is 2.99.